The van der Waals surface area contributed by atoms with Crippen LogP contribution in [0.5, 0.6) is 0 Å². The second-order valence-electron chi connectivity index (χ2n) is 6.15. The highest BCUT2D eigenvalue weighted by atomic mass is 32.2. The van der Waals surface area contributed by atoms with Crippen molar-refractivity contribution in [3.8, 4) is 0 Å². The molecular weight excluding hydrogens is 316 g/mol. The Morgan fingerprint density at radius 1 is 1.30 bits per heavy atom. The zero-order valence-corrected chi connectivity index (χ0v) is 13.8. The summed E-state index contributed by atoms with van der Waals surface area (Å²) in [5, 5.41) is 5.45. The highest BCUT2D eigenvalue weighted by Crippen LogP contribution is 2.17. The number of hydrogen-bond acceptors (Lipinski definition) is 5. The maximum absolute atomic E-state index is 11.8. The number of carbonyl (C=O) groups excluding carboxylic acids is 1. The smallest absolute Gasteiger partial charge is 0.315 e. The molecule has 0 saturated carbocycles. The third-order valence-corrected chi connectivity index (χ3v) is 6.03. The predicted octanol–water partition coefficient (Wildman–Crippen LogP) is 0.668. The van der Waals surface area contributed by atoms with Crippen molar-refractivity contribution in [2.75, 3.05) is 29.5 Å². The van der Waals surface area contributed by atoms with Gasteiger partial charge in [0.2, 0.25) is 0 Å². The zero-order valence-electron chi connectivity index (χ0n) is 13.0. The fourth-order valence-electron chi connectivity index (χ4n) is 2.98. The SMILES string of the molecule is O=C(NCc1ccc(N2CCCC2)nc1)N[C@@H]1CCS(=O)(=O)C1. The van der Waals surface area contributed by atoms with E-state index >= 15 is 0 Å². The average Bonchev–Trinajstić information content (AvgIpc) is 3.15. The van der Waals surface area contributed by atoms with Crippen molar-refractivity contribution < 1.29 is 13.2 Å². The van der Waals surface area contributed by atoms with E-state index in [4.69, 9.17) is 0 Å². The highest BCUT2D eigenvalue weighted by molar-refractivity contribution is 7.91. The molecule has 3 rings (SSSR count). The average molecular weight is 338 g/mol. The molecule has 0 unspecified atom stereocenters. The van der Waals surface area contributed by atoms with Crippen LogP contribution < -0.4 is 15.5 Å². The van der Waals surface area contributed by atoms with Crippen LogP contribution in [0.3, 0.4) is 0 Å². The molecule has 1 aromatic heterocycles. The van der Waals surface area contributed by atoms with Gasteiger partial charge in [-0.25, -0.2) is 18.2 Å². The van der Waals surface area contributed by atoms with Gasteiger partial charge in [-0.2, -0.15) is 0 Å². The van der Waals surface area contributed by atoms with Crippen LogP contribution in [-0.2, 0) is 16.4 Å². The lowest BCUT2D eigenvalue weighted by Crippen LogP contribution is -2.42. The van der Waals surface area contributed by atoms with Crippen molar-refractivity contribution in [1.29, 1.82) is 0 Å². The molecule has 0 spiro atoms. The molecule has 2 saturated heterocycles. The fraction of sp³-hybridized carbons (Fsp3) is 0.600. The summed E-state index contributed by atoms with van der Waals surface area (Å²) in [5.74, 6) is 1.17. The Kier molecular flexibility index (Phi) is 4.70. The van der Waals surface area contributed by atoms with Gasteiger partial charge in [-0.1, -0.05) is 6.07 Å². The molecule has 7 nitrogen and oxygen atoms in total. The van der Waals surface area contributed by atoms with Crippen LogP contribution in [0.25, 0.3) is 0 Å². The number of sulfone groups is 1. The van der Waals surface area contributed by atoms with E-state index in [1.807, 2.05) is 12.1 Å². The van der Waals surface area contributed by atoms with Crippen molar-refractivity contribution in [2.24, 2.45) is 0 Å². The van der Waals surface area contributed by atoms with Gasteiger partial charge in [0.25, 0.3) is 0 Å². The van der Waals surface area contributed by atoms with Crippen LogP contribution in [0, 0.1) is 0 Å². The number of nitrogens with zero attached hydrogens (tertiary/aromatic N) is 2. The van der Waals surface area contributed by atoms with E-state index in [1.54, 1.807) is 6.20 Å². The third-order valence-electron chi connectivity index (χ3n) is 4.26. The standard InChI is InChI=1S/C15H22N4O3S/c20-15(18-13-5-8-23(21,22)11-13)17-10-12-3-4-14(16-9-12)19-6-1-2-7-19/h3-4,9,13H,1-2,5-8,10-11H2,(H2,17,18,20)/t13-/m1/s1. The summed E-state index contributed by atoms with van der Waals surface area (Å²) >= 11 is 0. The molecule has 1 atom stereocenters. The molecule has 2 fully saturated rings. The first-order valence-corrected chi connectivity index (χ1v) is 9.79. The van der Waals surface area contributed by atoms with Gasteiger partial charge in [-0.3, -0.25) is 0 Å². The topological polar surface area (TPSA) is 91.4 Å². The van der Waals surface area contributed by atoms with Crippen molar-refractivity contribution in [3.05, 3.63) is 23.9 Å². The van der Waals surface area contributed by atoms with Gasteiger partial charge >= 0.3 is 6.03 Å². The minimum Gasteiger partial charge on any atom is -0.357 e. The minimum absolute atomic E-state index is 0.0342. The molecule has 0 aliphatic carbocycles. The minimum atomic E-state index is -2.98. The molecule has 0 radical (unpaired) electrons. The number of pyridine rings is 1. The van der Waals surface area contributed by atoms with Crippen LogP contribution >= 0.6 is 0 Å². The largest absolute Gasteiger partial charge is 0.357 e. The number of amides is 2. The van der Waals surface area contributed by atoms with E-state index in [1.165, 1.54) is 12.8 Å². The fourth-order valence-corrected chi connectivity index (χ4v) is 4.66. The zero-order chi connectivity index (χ0) is 16.3. The molecule has 2 aliphatic heterocycles. The molecule has 126 valence electrons. The van der Waals surface area contributed by atoms with Crippen LogP contribution in [0.4, 0.5) is 10.6 Å². The Labute approximate surface area is 136 Å². The summed E-state index contributed by atoms with van der Waals surface area (Å²) in [7, 11) is -2.98. The summed E-state index contributed by atoms with van der Waals surface area (Å²) in [5.41, 5.74) is 0.919. The number of aromatic nitrogens is 1. The number of carbonyl (C=O) groups is 1. The van der Waals surface area contributed by atoms with E-state index in [-0.39, 0.29) is 23.6 Å². The first-order valence-electron chi connectivity index (χ1n) is 7.96. The normalized spacial score (nSPS) is 23.0. The lowest BCUT2D eigenvalue weighted by atomic mass is 10.2. The number of rotatable bonds is 4. The summed E-state index contributed by atoms with van der Waals surface area (Å²) in [6.07, 6.45) is 4.68. The molecule has 8 heteroatoms. The third kappa shape index (κ3) is 4.34. The van der Waals surface area contributed by atoms with Gasteiger partial charge in [-0.15, -0.1) is 0 Å². The molecular formula is C15H22N4O3S. The second kappa shape index (κ2) is 6.74. The van der Waals surface area contributed by atoms with Gasteiger partial charge in [0.05, 0.1) is 11.5 Å². The van der Waals surface area contributed by atoms with Crippen LogP contribution in [0.15, 0.2) is 18.3 Å². The second-order valence-corrected chi connectivity index (χ2v) is 8.37. The monoisotopic (exact) mass is 338 g/mol. The molecule has 2 aliphatic rings. The first kappa shape index (κ1) is 16.0. The number of nitrogens with one attached hydrogen (secondary N) is 2. The van der Waals surface area contributed by atoms with Gasteiger partial charge in [-0.05, 0) is 30.9 Å². The van der Waals surface area contributed by atoms with E-state index < -0.39 is 9.84 Å². The first-order chi connectivity index (χ1) is 11.0. The maximum atomic E-state index is 11.8. The molecule has 23 heavy (non-hydrogen) atoms. The molecule has 2 amide bonds. The quantitative estimate of drug-likeness (QED) is 0.842. The summed E-state index contributed by atoms with van der Waals surface area (Å²) in [4.78, 5) is 18.5. The maximum Gasteiger partial charge on any atom is 0.315 e. The summed E-state index contributed by atoms with van der Waals surface area (Å²) in [6.45, 7) is 2.48. The van der Waals surface area contributed by atoms with Crippen molar-refractivity contribution in [3.63, 3.8) is 0 Å². The molecule has 2 N–H and O–H groups in total. The van der Waals surface area contributed by atoms with E-state index in [0.717, 1.165) is 24.5 Å². The van der Waals surface area contributed by atoms with Crippen LogP contribution in [0.1, 0.15) is 24.8 Å². The lowest BCUT2D eigenvalue weighted by molar-refractivity contribution is 0.237. The predicted molar refractivity (Wildman–Crippen MR) is 88.1 cm³/mol. The Morgan fingerprint density at radius 2 is 2.09 bits per heavy atom. The van der Waals surface area contributed by atoms with Gasteiger partial charge in [0.1, 0.15) is 5.82 Å². The van der Waals surface area contributed by atoms with Gasteiger partial charge < -0.3 is 15.5 Å². The number of anilines is 1. The van der Waals surface area contributed by atoms with Gasteiger partial charge in [0.15, 0.2) is 9.84 Å². The lowest BCUT2D eigenvalue weighted by Gasteiger charge is -2.16. The Morgan fingerprint density at radius 3 is 2.70 bits per heavy atom. The van der Waals surface area contributed by atoms with Crippen LogP contribution in [0.2, 0.25) is 0 Å². The summed E-state index contributed by atoms with van der Waals surface area (Å²) < 4.78 is 22.7. The molecule has 3 heterocycles. The number of hydrogen-bond donors (Lipinski definition) is 2. The van der Waals surface area contributed by atoms with Crippen molar-refractivity contribution in [1.82, 2.24) is 15.6 Å². The van der Waals surface area contributed by atoms with Crippen molar-refractivity contribution in [2.45, 2.75) is 31.8 Å². The van der Waals surface area contributed by atoms with Crippen LogP contribution in [-0.4, -0.2) is 50.1 Å². The Balaban J connectivity index is 1.45. The number of urea groups is 1. The molecule has 0 aromatic carbocycles. The van der Waals surface area contributed by atoms with E-state index in [9.17, 15) is 13.2 Å². The van der Waals surface area contributed by atoms with E-state index in [0.29, 0.717) is 13.0 Å². The Hall–Kier alpha value is -1.83. The van der Waals surface area contributed by atoms with Crippen molar-refractivity contribution >= 4 is 21.7 Å². The molecule has 0 bridgehead atoms. The van der Waals surface area contributed by atoms with E-state index in [2.05, 4.69) is 20.5 Å². The van der Waals surface area contributed by atoms with Gasteiger partial charge in [0, 0.05) is 31.9 Å². The summed E-state index contributed by atoms with van der Waals surface area (Å²) in [6, 6.07) is 3.32. The molecule has 1 aromatic rings. The Bertz CT molecular complexity index is 654. The highest BCUT2D eigenvalue weighted by Gasteiger charge is 2.28.